The van der Waals surface area contributed by atoms with Crippen LogP contribution in [-0.4, -0.2) is 36.9 Å². The van der Waals surface area contributed by atoms with Crippen molar-refractivity contribution >= 4 is 11.8 Å². The summed E-state index contributed by atoms with van der Waals surface area (Å²) in [5, 5.41) is 15.8. The second-order valence-electron chi connectivity index (χ2n) is 2.99. The summed E-state index contributed by atoms with van der Waals surface area (Å²) in [6.07, 6.45) is 0. The molecule has 0 fully saturated rings. The predicted octanol–water partition coefficient (Wildman–Crippen LogP) is -0.384. The van der Waals surface area contributed by atoms with Crippen molar-refractivity contribution < 1.29 is 4.52 Å². The number of tetrazole rings is 1. The number of hydrogen-bond donors (Lipinski definition) is 1. The minimum Gasteiger partial charge on any atom is -0.340 e. The molecule has 2 N–H and O–H groups in total. The maximum absolute atomic E-state index is 5.43. The van der Waals surface area contributed by atoms with Crippen LogP contribution in [0.4, 0.5) is 0 Å². The van der Waals surface area contributed by atoms with Crippen molar-refractivity contribution in [3.05, 3.63) is 11.7 Å². The van der Waals surface area contributed by atoms with Gasteiger partial charge in [-0.2, -0.15) is 4.98 Å². The molecule has 0 aliphatic heterocycles. The van der Waals surface area contributed by atoms with E-state index in [1.807, 2.05) is 0 Å². The normalized spacial score (nSPS) is 10.9. The monoisotopic (exact) mass is 241 g/mol. The van der Waals surface area contributed by atoms with E-state index >= 15 is 0 Å². The van der Waals surface area contributed by atoms with Gasteiger partial charge in [-0.15, -0.1) is 5.10 Å². The molecule has 2 aromatic rings. The van der Waals surface area contributed by atoms with E-state index in [1.165, 1.54) is 11.8 Å². The van der Waals surface area contributed by atoms with Crippen LogP contribution in [-0.2, 0) is 12.3 Å². The average Bonchev–Trinajstić information content (AvgIpc) is 2.85. The highest BCUT2D eigenvalue weighted by Gasteiger charge is 2.09. The Labute approximate surface area is 95.6 Å². The van der Waals surface area contributed by atoms with Gasteiger partial charge in [-0.05, 0) is 10.4 Å². The molecular weight excluding hydrogens is 230 g/mol. The number of aromatic nitrogens is 6. The van der Waals surface area contributed by atoms with Crippen LogP contribution < -0.4 is 5.73 Å². The predicted molar refractivity (Wildman–Crippen MR) is 55.5 cm³/mol. The van der Waals surface area contributed by atoms with Crippen LogP contribution in [0.25, 0.3) is 0 Å². The minimum absolute atomic E-state index is 0.500. The lowest BCUT2D eigenvalue weighted by Gasteiger charge is -1.99. The molecule has 0 unspecified atom stereocenters. The third kappa shape index (κ3) is 2.55. The minimum atomic E-state index is 0.500. The quantitative estimate of drug-likeness (QED) is 0.705. The lowest BCUT2D eigenvalue weighted by atomic mass is 10.7. The summed E-state index contributed by atoms with van der Waals surface area (Å²) in [6, 6.07) is 0. The Bertz CT molecular complexity index is 453. The first-order valence-electron chi connectivity index (χ1n) is 4.68. The molecular formula is C7H11N7OS. The van der Waals surface area contributed by atoms with Crippen LogP contribution in [0.2, 0.25) is 0 Å². The van der Waals surface area contributed by atoms with Crippen molar-refractivity contribution in [2.75, 3.05) is 6.54 Å². The van der Waals surface area contributed by atoms with E-state index in [9.17, 15) is 0 Å². The van der Waals surface area contributed by atoms with Crippen LogP contribution in [0, 0.1) is 6.92 Å². The van der Waals surface area contributed by atoms with E-state index in [1.54, 1.807) is 11.6 Å². The summed E-state index contributed by atoms with van der Waals surface area (Å²) in [4.78, 5) is 4.08. The summed E-state index contributed by atoms with van der Waals surface area (Å²) in [6.45, 7) is 2.85. The molecule has 9 heteroatoms. The third-order valence-corrected chi connectivity index (χ3v) is 2.69. The Morgan fingerprint density at radius 2 is 2.38 bits per heavy atom. The first-order valence-corrected chi connectivity index (χ1v) is 5.66. The van der Waals surface area contributed by atoms with Gasteiger partial charge >= 0.3 is 0 Å². The average molecular weight is 241 g/mol. The number of rotatable bonds is 5. The van der Waals surface area contributed by atoms with Gasteiger partial charge in [0.15, 0.2) is 5.82 Å². The second-order valence-corrected chi connectivity index (χ2v) is 3.93. The first-order chi connectivity index (χ1) is 7.79. The number of nitrogens with two attached hydrogens (primary N) is 1. The molecule has 0 amide bonds. The molecule has 0 aromatic carbocycles. The fourth-order valence-corrected chi connectivity index (χ4v) is 1.84. The van der Waals surface area contributed by atoms with Gasteiger partial charge < -0.3 is 10.3 Å². The topological polar surface area (TPSA) is 109 Å². The van der Waals surface area contributed by atoms with E-state index in [2.05, 4.69) is 25.7 Å². The fraction of sp³-hybridized carbons (Fsp3) is 0.571. The highest BCUT2D eigenvalue weighted by Crippen LogP contribution is 2.17. The zero-order valence-corrected chi connectivity index (χ0v) is 9.51. The summed E-state index contributed by atoms with van der Waals surface area (Å²) in [5.41, 5.74) is 5.43. The zero-order chi connectivity index (χ0) is 11.4. The van der Waals surface area contributed by atoms with Crippen LogP contribution in [0.1, 0.15) is 11.7 Å². The van der Waals surface area contributed by atoms with Gasteiger partial charge in [-0.1, -0.05) is 16.9 Å². The molecule has 0 saturated heterocycles. The maximum atomic E-state index is 5.43. The molecule has 86 valence electrons. The second kappa shape index (κ2) is 5.03. The number of hydrogen-bond acceptors (Lipinski definition) is 8. The van der Waals surface area contributed by atoms with E-state index in [4.69, 9.17) is 10.3 Å². The first kappa shape index (κ1) is 11.0. The summed E-state index contributed by atoms with van der Waals surface area (Å²) in [7, 11) is 0. The van der Waals surface area contributed by atoms with E-state index < -0.39 is 0 Å². The van der Waals surface area contributed by atoms with Crippen LogP contribution in [0.5, 0.6) is 0 Å². The van der Waals surface area contributed by atoms with Gasteiger partial charge in [0.05, 0.1) is 12.3 Å². The lowest BCUT2D eigenvalue weighted by Crippen LogP contribution is -2.12. The molecule has 0 saturated carbocycles. The smallest absolute Gasteiger partial charge is 0.223 e. The molecule has 0 atom stereocenters. The molecule has 0 aliphatic carbocycles. The maximum Gasteiger partial charge on any atom is 0.223 e. The molecule has 0 radical (unpaired) electrons. The summed E-state index contributed by atoms with van der Waals surface area (Å²) < 4.78 is 6.51. The molecule has 8 nitrogen and oxygen atoms in total. The number of nitrogens with zero attached hydrogens (tertiary/aromatic N) is 6. The van der Waals surface area contributed by atoms with Crippen molar-refractivity contribution in [2.24, 2.45) is 5.73 Å². The van der Waals surface area contributed by atoms with Crippen LogP contribution >= 0.6 is 11.8 Å². The standard InChI is InChI=1S/C7H11N7OS/c1-5-9-6(11-15-5)4-16-7-10-12-13-14(7)3-2-8/h2-4,8H2,1H3. The van der Waals surface area contributed by atoms with Crippen LogP contribution in [0.3, 0.4) is 0 Å². The van der Waals surface area contributed by atoms with Gasteiger partial charge in [-0.25, -0.2) is 4.68 Å². The Kier molecular flexibility index (Phi) is 3.47. The Balaban J connectivity index is 1.96. The van der Waals surface area contributed by atoms with Crippen molar-refractivity contribution in [1.82, 2.24) is 30.3 Å². The molecule has 2 aromatic heterocycles. The van der Waals surface area contributed by atoms with Crippen molar-refractivity contribution in [2.45, 2.75) is 24.4 Å². The Morgan fingerprint density at radius 3 is 3.06 bits per heavy atom. The van der Waals surface area contributed by atoms with Gasteiger partial charge in [0.25, 0.3) is 0 Å². The van der Waals surface area contributed by atoms with Crippen molar-refractivity contribution in [3.63, 3.8) is 0 Å². The molecule has 0 bridgehead atoms. The fourth-order valence-electron chi connectivity index (χ4n) is 1.09. The molecule has 2 heterocycles. The molecule has 0 spiro atoms. The van der Waals surface area contributed by atoms with E-state index in [0.717, 1.165) is 0 Å². The number of aryl methyl sites for hydroxylation is 1. The zero-order valence-electron chi connectivity index (χ0n) is 8.70. The molecule has 2 rings (SSSR count). The third-order valence-electron chi connectivity index (χ3n) is 1.74. The van der Waals surface area contributed by atoms with Gasteiger partial charge in [0.2, 0.25) is 11.0 Å². The number of thioether (sulfide) groups is 1. The Morgan fingerprint density at radius 1 is 1.50 bits per heavy atom. The van der Waals surface area contributed by atoms with Crippen molar-refractivity contribution in [1.29, 1.82) is 0 Å². The van der Waals surface area contributed by atoms with Gasteiger partial charge in [-0.3, -0.25) is 0 Å². The van der Waals surface area contributed by atoms with E-state index in [0.29, 0.717) is 35.7 Å². The summed E-state index contributed by atoms with van der Waals surface area (Å²) >= 11 is 1.45. The van der Waals surface area contributed by atoms with Crippen molar-refractivity contribution in [3.8, 4) is 0 Å². The van der Waals surface area contributed by atoms with Crippen LogP contribution in [0.15, 0.2) is 9.68 Å². The lowest BCUT2D eigenvalue weighted by molar-refractivity contribution is 0.389. The molecule has 16 heavy (non-hydrogen) atoms. The highest BCUT2D eigenvalue weighted by molar-refractivity contribution is 7.98. The molecule has 0 aliphatic rings. The van der Waals surface area contributed by atoms with E-state index in [-0.39, 0.29) is 0 Å². The van der Waals surface area contributed by atoms with Gasteiger partial charge in [0, 0.05) is 13.5 Å². The highest BCUT2D eigenvalue weighted by atomic mass is 32.2. The summed E-state index contributed by atoms with van der Waals surface area (Å²) in [5.74, 6) is 1.75. The SMILES string of the molecule is Cc1nc(CSc2nnnn2CCN)no1. The largest absolute Gasteiger partial charge is 0.340 e. The van der Waals surface area contributed by atoms with Gasteiger partial charge in [0.1, 0.15) is 0 Å². The Hall–Kier alpha value is -1.48.